The SMILES string of the molecule is COCCCOC(=O)c1cc(N)ccc1O. The van der Waals surface area contributed by atoms with Crippen molar-refractivity contribution in [1.82, 2.24) is 0 Å². The van der Waals surface area contributed by atoms with Gasteiger partial charge in [0, 0.05) is 25.8 Å². The summed E-state index contributed by atoms with van der Waals surface area (Å²) in [6, 6.07) is 4.26. The van der Waals surface area contributed by atoms with Crippen molar-refractivity contribution in [2.75, 3.05) is 26.1 Å². The maximum Gasteiger partial charge on any atom is 0.341 e. The smallest absolute Gasteiger partial charge is 0.341 e. The van der Waals surface area contributed by atoms with E-state index in [1.807, 2.05) is 0 Å². The molecular weight excluding hydrogens is 210 g/mol. The second-order valence-corrected chi connectivity index (χ2v) is 3.26. The molecule has 0 amide bonds. The summed E-state index contributed by atoms with van der Waals surface area (Å²) in [6.07, 6.45) is 0.616. The summed E-state index contributed by atoms with van der Waals surface area (Å²) >= 11 is 0. The predicted molar refractivity (Wildman–Crippen MR) is 59.3 cm³/mol. The lowest BCUT2D eigenvalue weighted by Gasteiger charge is -2.06. The average molecular weight is 225 g/mol. The Morgan fingerprint density at radius 2 is 2.19 bits per heavy atom. The van der Waals surface area contributed by atoms with Crippen LogP contribution in [0.4, 0.5) is 5.69 Å². The number of carbonyl (C=O) groups excluding carboxylic acids is 1. The molecule has 0 unspecified atom stereocenters. The van der Waals surface area contributed by atoms with Crippen LogP contribution in [-0.4, -0.2) is 31.4 Å². The van der Waals surface area contributed by atoms with E-state index in [2.05, 4.69) is 0 Å². The van der Waals surface area contributed by atoms with Crippen LogP contribution in [0.15, 0.2) is 18.2 Å². The van der Waals surface area contributed by atoms with E-state index in [4.69, 9.17) is 15.2 Å². The molecule has 3 N–H and O–H groups in total. The van der Waals surface area contributed by atoms with E-state index in [0.29, 0.717) is 18.7 Å². The molecule has 88 valence electrons. The summed E-state index contributed by atoms with van der Waals surface area (Å²) in [5.74, 6) is -0.716. The van der Waals surface area contributed by atoms with Gasteiger partial charge in [0.15, 0.2) is 0 Å². The van der Waals surface area contributed by atoms with E-state index in [0.717, 1.165) is 0 Å². The van der Waals surface area contributed by atoms with Gasteiger partial charge in [-0.15, -0.1) is 0 Å². The maximum atomic E-state index is 11.5. The Labute approximate surface area is 93.8 Å². The molecule has 1 rings (SSSR count). The van der Waals surface area contributed by atoms with Crippen LogP contribution < -0.4 is 5.73 Å². The van der Waals surface area contributed by atoms with E-state index in [-0.39, 0.29) is 17.9 Å². The van der Waals surface area contributed by atoms with Gasteiger partial charge in [-0.3, -0.25) is 0 Å². The first-order valence-corrected chi connectivity index (χ1v) is 4.89. The summed E-state index contributed by atoms with van der Waals surface area (Å²) in [5, 5.41) is 9.43. The summed E-state index contributed by atoms with van der Waals surface area (Å²) in [4.78, 5) is 11.5. The molecule has 0 spiro atoms. The third-order valence-electron chi connectivity index (χ3n) is 1.97. The number of benzene rings is 1. The van der Waals surface area contributed by atoms with Gasteiger partial charge in [-0.1, -0.05) is 0 Å². The van der Waals surface area contributed by atoms with Crippen LogP contribution >= 0.6 is 0 Å². The summed E-state index contributed by atoms with van der Waals surface area (Å²) in [7, 11) is 1.57. The van der Waals surface area contributed by atoms with Gasteiger partial charge in [0.2, 0.25) is 0 Å². The van der Waals surface area contributed by atoms with Crippen molar-refractivity contribution in [1.29, 1.82) is 0 Å². The van der Waals surface area contributed by atoms with Crippen LogP contribution in [0.3, 0.4) is 0 Å². The Balaban J connectivity index is 2.55. The molecular formula is C11H15NO4. The van der Waals surface area contributed by atoms with E-state index in [1.165, 1.54) is 18.2 Å². The number of anilines is 1. The first kappa shape index (κ1) is 12.3. The fourth-order valence-electron chi connectivity index (χ4n) is 1.16. The van der Waals surface area contributed by atoms with Crippen molar-refractivity contribution < 1.29 is 19.4 Å². The number of rotatable bonds is 5. The zero-order valence-electron chi connectivity index (χ0n) is 9.10. The molecule has 0 radical (unpaired) electrons. The standard InChI is InChI=1S/C11H15NO4/c1-15-5-2-6-16-11(14)9-7-8(12)3-4-10(9)13/h3-4,7,13H,2,5-6,12H2,1H3. The van der Waals surface area contributed by atoms with Crippen LogP contribution in [0.5, 0.6) is 5.75 Å². The molecule has 5 nitrogen and oxygen atoms in total. The topological polar surface area (TPSA) is 81.8 Å². The minimum atomic E-state index is -0.582. The molecule has 0 aliphatic heterocycles. The van der Waals surface area contributed by atoms with Gasteiger partial charge in [-0.05, 0) is 18.2 Å². The Kier molecular flexibility index (Phi) is 4.60. The van der Waals surface area contributed by atoms with Gasteiger partial charge < -0.3 is 20.3 Å². The van der Waals surface area contributed by atoms with Gasteiger partial charge in [-0.25, -0.2) is 4.79 Å². The monoisotopic (exact) mass is 225 g/mol. The maximum absolute atomic E-state index is 11.5. The molecule has 1 aromatic rings. The van der Waals surface area contributed by atoms with Gasteiger partial charge in [-0.2, -0.15) is 0 Å². The van der Waals surface area contributed by atoms with Crippen LogP contribution in [-0.2, 0) is 9.47 Å². The number of esters is 1. The number of nitrogens with two attached hydrogens (primary N) is 1. The van der Waals surface area contributed by atoms with E-state index in [9.17, 15) is 9.90 Å². The van der Waals surface area contributed by atoms with Crippen molar-refractivity contribution in [2.24, 2.45) is 0 Å². The molecule has 0 saturated carbocycles. The zero-order chi connectivity index (χ0) is 12.0. The first-order valence-electron chi connectivity index (χ1n) is 4.89. The average Bonchev–Trinajstić information content (AvgIpc) is 2.27. The van der Waals surface area contributed by atoms with Gasteiger partial charge in [0.05, 0.1) is 6.61 Å². The summed E-state index contributed by atoms with van der Waals surface area (Å²) in [6.45, 7) is 0.775. The van der Waals surface area contributed by atoms with Crippen molar-refractivity contribution in [3.05, 3.63) is 23.8 Å². The van der Waals surface area contributed by atoms with E-state index >= 15 is 0 Å². The zero-order valence-corrected chi connectivity index (χ0v) is 9.10. The van der Waals surface area contributed by atoms with Crippen molar-refractivity contribution in [2.45, 2.75) is 6.42 Å². The number of methoxy groups -OCH3 is 1. The largest absolute Gasteiger partial charge is 0.507 e. The number of hydrogen-bond donors (Lipinski definition) is 2. The summed E-state index contributed by atoms with van der Waals surface area (Å²) in [5.41, 5.74) is 5.99. The molecule has 0 aliphatic carbocycles. The van der Waals surface area contributed by atoms with E-state index < -0.39 is 5.97 Å². The minimum absolute atomic E-state index is 0.0809. The Hall–Kier alpha value is -1.75. The molecule has 0 fully saturated rings. The number of nitrogen functional groups attached to an aromatic ring is 1. The Bertz CT molecular complexity index is 365. The van der Waals surface area contributed by atoms with Crippen LogP contribution in [0.1, 0.15) is 16.8 Å². The predicted octanol–water partition coefficient (Wildman–Crippen LogP) is 1.17. The quantitative estimate of drug-likeness (QED) is 0.340. The first-order chi connectivity index (χ1) is 7.65. The second-order valence-electron chi connectivity index (χ2n) is 3.26. The third-order valence-corrected chi connectivity index (χ3v) is 1.97. The highest BCUT2D eigenvalue weighted by Crippen LogP contribution is 2.20. The van der Waals surface area contributed by atoms with Gasteiger partial charge >= 0.3 is 5.97 Å². The second kappa shape index (κ2) is 5.97. The number of aromatic hydroxyl groups is 1. The summed E-state index contributed by atoms with van der Waals surface area (Å²) < 4.78 is 9.74. The third kappa shape index (κ3) is 3.43. The number of carbonyl (C=O) groups is 1. The minimum Gasteiger partial charge on any atom is -0.507 e. The highest BCUT2D eigenvalue weighted by Gasteiger charge is 2.12. The Morgan fingerprint density at radius 1 is 1.44 bits per heavy atom. The Morgan fingerprint density at radius 3 is 2.88 bits per heavy atom. The van der Waals surface area contributed by atoms with Crippen LogP contribution in [0.25, 0.3) is 0 Å². The number of hydrogen-bond acceptors (Lipinski definition) is 5. The molecule has 0 aromatic heterocycles. The van der Waals surface area contributed by atoms with Crippen molar-refractivity contribution >= 4 is 11.7 Å². The molecule has 0 saturated heterocycles. The molecule has 5 heteroatoms. The molecule has 0 atom stereocenters. The van der Waals surface area contributed by atoms with Crippen LogP contribution in [0.2, 0.25) is 0 Å². The van der Waals surface area contributed by atoms with E-state index in [1.54, 1.807) is 7.11 Å². The lowest BCUT2D eigenvalue weighted by atomic mass is 10.2. The lowest BCUT2D eigenvalue weighted by Crippen LogP contribution is -2.08. The van der Waals surface area contributed by atoms with Gasteiger partial charge in [0.1, 0.15) is 11.3 Å². The highest BCUT2D eigenvalue weighted by atomic mass is 16.5. The molecule has 1 aromatic carbocycles. The van der Waals surface area contributed by atoms with Crippen molar-refractivity contribution in [3.63, 3.8) is 0 Å². The number of phenolic OH excluding ortho intramolecular Hbond substituents is 1. The number of phenols is 1. The normalized spacial score (nSPS) is 10.1. The van der Waals surface area contributed by atoms with Crippen LogP contribution in [0, 0.1) is 0 Å². The molecule has 0 bridgehead atoms. The van der Waals surface area contributed by atoms with Crippen molar-refractivity contribution in [3.8, 4) is 5.75 Å². The fourth-order valence-corrected chi connectivity index (χ4v) is 1.16. The molecule has 0 heterocycles. The number of ether oxygens (including phenoxy) is 2. The fraction of sp³-hybridized carbons (Fsp3) is 0.364. The molecule has 0 aliphatic rings. The van der Waals surface area contributed by atoms with Gasteiger partial charge in [0.25, 0.3) is 0 Å². The molecule has 16 heavy (non-hydrogen) atoms. The lowest BCUT2D eigenvalue weighted by molar-refractivity contribution is 0.0465. The highest BCUT2D eigenvalue weighted by molar-refractivity contribution is 5.93.